The lowest BCUT2D eigenvalue weighted by atomic mass is 9.95. The van der Waals surface area contributed by atoms with Crippen LogP contribution in [0.25, 0.3) is 0 Å². The quantitative estimate of drug-likeness (QED) is 0.808. The molecular weight excluding hydrogens is 206 g/mol. The molecular formula is C11H19N3O2. The molecule has 0 spiro atoms. The van der Waals surface area contributed by atoms with E-state index in [2.05, 4.69) is 5.10 Å². The molecule has 0 aromatic carbocycles. The van der Waals surface area contributed by atoms with Crippen LogP contribution in [0.15, 0.2) is 6.07 Å². The van der Waals surface area contributed by atoms with Gasteiger partial charge in [-0.15, -0.1) is 0 Å². The molecule has 0 amide bonds. The monoisotopic (exact) mass is 225 g/mol. The predicted molar refractivity (Wildman–Crippen MR) is 61.3 cm³/mol. The normalized spacial score (nSPS) is 16.8. The summed E-state index contributed by atoms with van der Waals surface area (Å²) in [5, 5.41) is 13.3. The van der Waals surface area contributed by atoms with E-state index >= 15 is 0 Å². The van der Waals surface area contributed by atoms with Crippen LogP contribution in [0.3, 0.4) is 0 Å². The average molecular weight is 225 g/mol. The van der Waals surface area contributed by atoms with Gasteiger partial charge in [0.2, 0.25) is 0 Å². The molecule has 1 rings (SSSR count). The Morgan fingerprint density at radius 1 is 1.69 bits per heavy atom. The molecule has 0 bridgehead atoms. The molecule has 16 heavy (non-hydrogen) atoms. The van der Waals surface area contributed by atoms with Crippen molar-refractivity contribution in [1.29, 1.82) is 0 Å². The van der Waals surface area contributed by atoms with Crippen LogP contribution < -0.4 is 5.73 Å². The lowest BCUT2D eigenvalue weighted by molar-refractivity contribution is -0.143. The maximum atomic E-state index is 10.9. The van der Waals surface area contributed by atoms with Gasteiger partial charge in [-0.25, -0.2) is 0 Å². The Balaban J connectivity index is 2.84. The van der Waals surface area contributed by atoms with Gasteiger partial charge in [0.1, 0.15) is 5.54 Å². The Kier molecular flexibility index (Phi) is 3.38. The number of hydrogen-bond donors (Lipinski definition) is 2. The van der Waals surface area contributed by atoms with E-state index in [1.165, 1.54) is 6.92 Å². The Hall–Kier alpha value is -1.36. The highest BCUT2D eigenvalue weighted by Crippen LogP contribution is 2.20. The fraction of sp³-hybridized carbons (Fsp3) is 0.636. The van der Waals surface area contributed by atoms with Crippen molar-refractivity contribution in [2.45, 2.75) is 45.7 Å². The van der Waals surface area contributed by atoms with Gasteiger partial charge >= 0.3 is 5.97 Å². The number of hydrogen-bond acceptors (Lipinski definition) is 3. The zero-order valence-corrected chi connectivity index (χ0v) is 10.2. The van der Waals surface area contributed by atoms with Gasteiger partial charge in [0.05, 0.1) is 11.7 Å². The van der Waals surface area contributed by atoms with Crippen LogP contribution in [0, 0.1) is 13.8 Å². The highest BCUT2D eigenvalue weighted by Gasteiger charge is 2.31. The number of aryl methyl sites for hydroxylation is 2. The molecule has 2 atom stereocenters. The molecule has 1 aromatic heterocycles. The third-order valence-electron chi connectivity index (χ3n) is 2.67. The number of aromatic nitrogens is 2. The minimum atomic E-state index is -1.22. The van der Waals surface area contributed by atoms with Crippen LogP contribution in [0.4, 0.5) is 0 Å². The topological polar surface area (TPSA) is 81.1 Å². The van der Waals surface area contributed by atoms with Gasteiger partial charge in [-0.1, -0.05) is 0 Å². The van der Waals surface area contributed by atoms with Crippen molar-refractivity contribution in [3.63, 3.8) is 0 Å². The summed E-state index contributed by atoms with van der Waals surface area (Å²) in [6, 6.07) is 1.94. The first kappa shape index (κ1) is 12.7. The number of nitrogens with two attached hydrogens (primary N) is 1. The van der Waals surface area contributed by atoms with Crippen LogP contribution in [-0.2, 0) is 4.79 Å². The second-order valence-corrected chi connectivity index (χ2v) is 4.65. The number of carboxylic acid groups (broad SMARTS) is 1. The molecule has 0 saturated heterocycles. The summed E-state index contributed by atoms with van der Waals surface area (Å²) < 4.78 is 1.82. The number of carboxylic acids is 1. The van der Waals surface area contributed by atoms with Crippen molar-refractivity contribution in [1.82, 2.24) is 9.78 Å². The van der Waals surface area contributed by atoms with Crippen molar-refractivity contribution in [2.24, 2.45) is 5.73 Å². The van der Waals surface area contributed by atoms with Crippen molar-refractivity contribution < 1.29 is 9.90 Å². The molecule has 0 fully saturated rings. The second kappa shape index (κ2) is 4.25. The first-order valence-electron chi connectivity index (χ1n) is 5.29. The summed E-state index contributed by atoms with van der Waals surface area (Å²) >= 11 is 0. The molecule has 5 heteroatoms. The van der Waals surface area contributed by atoms with E-state index in [0.717, 1.165) is 11.4 Å². The third kappa shape index (κ3) is 2.61. The van der Waals surface area contributed by atoms with E-state index in [-0.39, 0.29) is 6.04 Å². The van der Waals surface area contributed by atoms with Gasteiger partial charge in [0.15, 0.2) is 0 Å². The first-order valence-corrected chi connectivity index (χ1v) is 5.29. The number of nitrogens with zero attached hydrogens (tertiary/aromatic N) is 2. The Morgan fingerprint density at radius 3 is 2.62 bits per heavy atom. The van der Waals surface area contributed by atoms with Gasteiger partial charge in [0.25, 0.3) is 0 Å². The predicted octanol–water partition coefficient (Wildman–Crippen LogP) is 1.25. The average Bonchev–Trinajstić information content (AvgIpc) is 2.44. The molecule has 1 aromatic rings. The van der Waals surface area contributed by atoms with E-state index in [1.807, 2.05) is 31.5 Å². The van der Waals surface area contributed by atoms with Crippen molar-refractivity contribution in [2.75, 3.05) is 0 Å². The summed E-state index contributed by atoms with van der Waals surface area (Å²) in [5.74, 6) is -0.985. The van der Waals surface area contributed by atoms with Crippen LogP contribution in [0.1, 0.15) is 37.7 Å². The standard InChI is InChI=1S/C11H19N3O2/c1-7-5-8(2)14(13-7)9(3)6-11(4,12)10(15)16/h5,9H,6,12H2,1-4H3,(H,15,16). The molecule has 5 nitrogen and oxygen atoms in total. The van der Waals surface area contributed by atoms with Crippen LogP contribution in [0.5, 0.6) is 0 Å². The maximum Gasteiger partial charge on any atom is 0.323 e. The number of aliphatic carboxylic acids is 1. The highest BCUT2D eigenvalue weighted by atomic mass is 16.4. The summed E-state index contributed by atoms with van der Waals surface area (Å²) in [4.78, 5) is 10.9. The summed E-state index contributed by atoms with van der Waals surface area (Å²) in [6.07, 6.45) is 0.351. The number of carbonyl (C=O) groups is 1. The Morgan fingerprint density at radius 2 is 2.25 bits per heavy atom. The van der Waals surface area contributed by atoms with E-state index in [1.54, 1.807) is 0 Å². The van der Waals surface area contributed by atoms with E-state index in [9.17, 15) is 4.79 Å². The summed E-state index contributed by atoms with van der Waals surface area (Å²) in [5.41, 5.74) is 6.45. The summed E-state index contributed by atoms with van der Waals surface area (Å²) in [6.45, 7) is 7.31. The smallest absolute Gasteiger partial charge is 0.323 e. The minimum absolute atomic E-state index is 0.0280. The largest absolute Gasteiger partial charge is 0.480 e. The zero-order valence-electron chi connectivity index (χ0n) is 10.2. The molecule has 0 saturated carbocycles. The molecule has 0 aliphatic rings. The maximum absolute atomic E-state index is 10.9. The van der Waals surface area contributed by atoms with E-state index in [4.69, 9.17) is 10.8 Å². The SMILES string of the molecule is Cc1cc(C)n(C(C)CC(C)(N)C(=O)O)n1. The molecule has 2 unspecified atom stereocenters. The zero-order chi connectivity index (χ0) is 12.5. The fourth-order valence-electron chi connectivity index (χ4n) is 1.88. The molecule has 90 valence electrons. The van der Waals surface area contributed by atoms with Gasteiger partial charge in [-0.2, -0.15) is 5.10 Å². The van der Waals surface area contributed by atoms with Gasteiger partial charge in [-0.05, 0) is 40.2 Å². The van der Waals surface area contributed by atoms with Crippen molar-refractivity contribution in [3.8, 4) is 0 Å². The van der Waals surface area contributed by atoms with Crippen LogP contribution in [0.2, 0.25) is 0 Å². The van der Waals surface area contributed by atoms with E-state index < -0.39 is 11.5 Å². The van der Waals surface area contributed by atoms with Crippen molar-refractivity contribution in [3.05, 3.63) is 17.5 Å². The van der Waals surface area contributed by atoms with Crippen molar-refractivity contribution >= 4 is 5.97 Å². The third-order valence-corrected chi connectivity index (χ3v) is 2.67. The summed E-state index contributed by atoms with van der Waals surface area (Å²) in [7, 11) is 0. The van der Waals surface area contributed by atoms with Gasteiger partial charge in [-0.3, -0.25) is 9.48 Å². The Bertz CT molecular complexity index is 396. The minimum Gasteiger partial charge on any atom is -0.480 e. The lowest BCUT2D eigenvalue weighted by Gasteiger charge is -2.24. The van der Waals surface area contributed by atoms with Gasteiger partial charge in [0, 0.05) is 5.69 Å². The van der Waals surface area contributed by atoms with Gasteiger partial charge < -0.3 is 10.8 Å². The molecule has 3 N–H and O–H groups in total. The number of rotatable bonds is 4. The van der Waals surface area contributed by atoms with E-state index in [0.29, 0.717) is 6.42 Å². The molecule has 1 heterocycles. The highest BCUT2D eigenvalue weighted by molar-refractivity contribution is 5.77. The second-order valence-electron chi connectivity index (χ2n) is 4.65. The molecule has 0 aliphatic heterocycles. The fourth-order valence-corrected chi connectivity index (χ4v) is 1.88. The molecule has 0 aliphatic carbocycles. The molecule has 0 radical (unpaired) electrons. The lowest BCUT2D eigenvalue weighted by Crippen LogP contribution is -2.46. The Labute approximate surface area is 95.3 Å². The van der Waals surface area contributed by atoms with Crippen LogP contribution in [-0.4, -0.2) is 26.4 Å². The van der Waals surface area contributed by atoms with Crippen LogP contribution >= 0.6 is 0 Å². The first-order chi connectivity index (χ1) is 7.24.